The molecule has 1 aliphatic heterocycles. The van der Waals surface area contributed by atoms with Crippen LogP contribution in [0.15, 0.2) is 0 Å². The molecule has 0 aromatic heterocycles. The molecule has 10 heteroatoms. The quantitative estimate of drug-likeness (QED) is 0.0900. The van der Waals surface area contributed by atoms with Crippen LogP contribution in [0, 0.1) is 5.92 Å². The van der Waals surface area contributed by atoms with Crippen molar-refractivity contribution in [2.45, 2.75) is 295 Å². The first kappa shape index (κ1) is 55.8. The van der Waals surface area contributed by atoms with Crippen LogP contribution in [0.1, 0.15) is 198 Å². The van der Waals surface area contributed by atoms with Gasteiger partial charge in [0, 0.05) is 0 Å². The van der Waals surface area contributed by atoms with Crippen LogP contribution >= 0.6 is 0 Å². The summed E-state index contributed by atoms with van der Waals surface area (Å²) in [5, 5.41) is 0. The van der Waals surface area contributed by atoms with Crippen molar-refractivity contribution in [3.63, 3.8) is 0 Å². The first-order chi connectivity index (χ1) is 27.2. The maximum Gasteiger partial charge on any atom is 0.201 e. The molecule has 0 radical (unpaired) electrons. The van der Waals surface area contributed by atoms with Crippen molar-refractivity contribution in [3.05, 3.63) is 0 Å². The van der Waals surface area contributed by atoms with Crippen LogP contribution in [0.2, 0.25) is 66.5 Å². The molecular weight excluding hydrogens is 797 g/mol. The fourth-order valence-corrected chi connectivity index (χ4v) is 35.9. The maximum absolute atomic E-state index is 8.31. The van der Waals surface area contributed by atoms with E-state index in [0.717, 1.165) is 0 Å². The van der Waals surface area contributed by atoms with E-state index in [0.29, 0.717) is 85.6 Å². The van der Waals surface area contributed by atoms with Crippen LogP contribution in [0.5, 0.6) is 0 Å². The predicted octanol–water partition coefficient (Wildman–Crippen LogP) is 16.2. The summed E-state index contributed by atoms with van der Waals surface area (Å²) in [5.74, 6) is 0.541. The van der Waals surface area contributed by atoms with Crippen molar-refractivity contribution >= 4 is 33.3 Å². The lowest BCUT2D eigenvalue weighted by Crippen LogP contribution is -2.70. The van der Waals surface area contributed by atoms with E-state index < -0.39 is 45.7 Å². The number of hydrogen-bond donors (Lipinski definition) is 0. The van der Waals surface area contributed by atoms with E-state index >= 15 is 0 Å². The number of hydrogen-bond acceptors (Lipinski definition) is 6. The molecular formula is C49H104O6Si4. The van der Waals surface area contributed by atoms with Crippen LogP contribution < -0.4 is 0 Å². The van der Waals surface area contributed by atoms with Crippen LogP contribution in [-0.2, 0) is 27.2 Å². The third kappa shape index (κ3) is 11.7. The Labute approximate surface area is 373 Å². The van der Waals surface area contributed by atoms with Crippen molar-refractivity contribution in [3.8, 4) is 0 Å². The Morgan fingerprint density at radius 3 is 1.00 bits per heavy atom. The van der Waals surface area contributed by atoms with Gasteiger partial charge in [-0.1, -0.05) is 185 Å². The normalized spacial score (nSPS) is 23.9. The summed E-state index contributed by atoms with van der Waals surface area (Å²) in [6.07, 6.45) is 4.29. The molecule has 352 valence electrons. The summed E-state index contributed by atoms with van der Waals surface area (Å²) >= 11 is 0. The molecule has 2 aliphatic rings. The third-order valence-electron chi connectivity index (χ3n) is 16.2. The van der Waals surface area contributed by atoms with Crippen LogP contribution in [0.4, 0.5) is 0 Å². The van der Waals surface area contributed by atoms with Gasteiger partial charge >= 0.3 is 0 Å². The lowest BCUT2D eigenvalue weighted by molar-refractivity contribution is -0.295. The summed E-state index contributed by atoms with van der Waals surface area (Å²) in [5.41, 5.74) is 4.97. The lowest BCUT2D eigenvalue weighted by Gasteiger charge is -2.57. The van der Waals surface area contributed by atoms with Gasteiger partial charge in [0.2, 0.25) is 25.0 Å². The van der Waals surface area contributed by atoms with Crippen molar-refractivity contribution < 1.29 is 27.2 Å². The molecule has 0 bridgehead atoms. The Hall–Kier alpha value is 0.628. The molecule has 1 saturated heterocycles. The van der Waals surface area contributed by atoms with Crippen molar-refractivity contribution in [2.24, 2.45) is 5.92 Å². The zero-order valence-corrected chi connectivity index (χ0v) is 47.8. The molecule has 2 rings (SSSR count). The van der Waals surface area contributed by atoms with E-state index in [2.05, 4.69) is 166 Å². The summed E-state index contributed by atoms with van der Waals surface area (Å²) < 4.78 is 47.2. The topological polar surface area (TPSA) is 55.4 Å². The Morgan fingerprint density at radius 2 is 0.678 bits per heavy atom. The molecule has 0 aromatic carbocycles. The molecule has 5 atom stereocenters. The van der Waals surface area contributed by atoms with Gasteiger partial charge in [-0.15, -0.1) is 0 Å². The van der Waals surface area contributed by atoms with E-state index in [9.17, 15) is 0 Å². The zero-order chi connectivity index (χ0) is 45.6. The van der Waals surface area contributed by atoms with Crippen LogP contribution in [-0.4, -0.2) is 77.2 Å². The van der Waals surface area contributed by atoms with Gasteiger partial charge in [0.25, 0.3) is 0 Å². The second-order valence-corrected chi connectivity index (χ2v) is 44.9. The van der Waals surface area contributed by atoms with Crippen molar-refractivity contribution in [2.75, 3.05) is 13.2 Å². The Bertz CT molecular complexity index is 1110. The van der Waals surface area contributed by atoms with E-state index in [1.807, 2.05) is 0 Å². The second-order valence-electron chi connectivity index (χ2n) is 23.2. The average Bonchev–Trinajstić information content (AvgIpc) is 3.10. The molecule has 2 fully saturated rings. The van der Waals surface area contributed by atoms with E-state index in [1.54, 1.807) is 0 Å². The molecule has 0 aromatic rings. The highest BCUT2D eigenvalue weighted by Crippen LogP contribution is 2.52. The highest BCUT2D eigenvalue weighted by Gasteiger charge is 2.61. The van der Waals surface area contributed by atoms with Gasteiger partial charge in [0.1, 0.15) is 24.4 Å². The minimum Gasteiger partial charge on any atom is -0.413 e. The van der Waals surface area contributed by atoms with Gasteiger partial charge in [-0.05, 0) is 85.3 Å². The van der Waals surface area contributed by atoms with Crippen LogP contribution in [0.25, 0.3) is 0 Å². The van der Waals surface area contributed by atoms with Crippen molar-refractivity contribution in [1.82, 2.24) is 0 Å². The molecule has 59 heavy (non-hydrogen) atoms. The first-order valence-electron chi connectivity index (χ1n) is 25.1. The Kier molecular flexibility index (Phi) is 21.9. The number of rotatable bonds is 24. The zero-order valence-electron chi connectivity index (χ0n) is 43.8. The van der Waals surface area contributed by atoms with E-state index in [1.165, 1.54) is 32.1 Å². The molecule has 0 amide bonds. The standard InChI is InChI=1S/C49H104O6Si4/c1-32(2)56(33(3)4,34(5)6)51-31-45-46(53-57(35(7)8,36(9)10)37(11)12)47(54-58(38(13)14,39(15)16)40(17)18)48(55-59(41(19)20,42(21)22)43(23)24)49(52-45)50-30-44-28-26-25-27-29-44/h32-49H,25-31H2,1-24H3/t45-,46-,47+,48-,49-/m1/s1. The van der Waals surface area contributed by atoms with Gasteiger partial charge in [0.15, 0.2) is 14.6 Å². The largest absolute Gasteiger partial charge is 0.413 e. The Balaban J connectivity index is 3.19. The van der Waals surface area contributed by atoms with Gasteiger partial charge in [-0.3, -0.25) is 0 Å². The summed E-state index contributed by atoms with van der Waals surface area (Å²) in [7, 11) is -9.77. The van der Waals surface area contributed by atoms with Gasteiger partial charge in [-0.25, -0.2) is 0 Å². The average molecular weight is 902 g/mol. The van der Waals surface area contributed by atoms with Gasteiger partial charge in [-0.2, -0.15) is 0 Å². The molecule has 1 aliphatic carbocycles. The third-order valence-corrected chi connectivity index (χ3v) is 40.5. The minimum atomic E-state index is -2.51. The highest BCUT2D eigenvalue weighted by molar-refractivity contribution is 6.79. The molecule has 0 N–H and O–H groups in total. The molecule has 0 unspecified atom stereocenters. The number of ether oxygens (including phenoxy) is 2. The monoisotopic (exact) mass is 901 g/mol. The van der Waals surface area contributed by atoms with Gasteiger partial charge in [0.05, 0.1) is 13.2 Å². The smallest absolute Gasteiger partial charge is 0.201 e. The minimum absolute atomic E-state index is 0.353. The fraction of sp³-hybridized carbons (Fsp3) is 1.00. The molecule has 0 spiro atoms. The predicted molar refractivity (Wildman–Crippen MR) is 266 cm³/mol. The highest BCUT2D eigenvalue weighted by atomic mass is 28.4. The van der Waals surface area contributed by atoms with Gasteiger partial charge < -0.3 is 27.2 Å². The maximum atomic E-state index is 8.31. The lowest BCUT2D eigenvalue weighted by atomic mass is 9.90. The molecule has 1 heterocycles. The first-order valence-corrected chi connectivity index (χ1v) is 33.7. The van der Waals surface area contributed by atoms with Crippen molar-refractivity contribution in [1.29, 1.82) is 0 Å². The summed E-state index contributed by atoms with van der Waals surface area (Å²) in [6, 6.07) is 0. The van der Waals surface area contributed by atoms with E-state index in [4.69, 9.17) is 27.2 Å². The summed E-state index contributed by atoms with van der Waals surface area (Å²) in [6.45, 7) is 59.0. The van der Waals surface area contributed by atoms with Crippen LogP contribution in [0.3, 0.4) is 0 Å². The second kappa shape index (κ2) is 23.2. The molecule has 6 nitrogen and oxygen atoms in total. The SMILES string of the molecule is CC(C)[Si](OC[C@H]1O[C@@H](OCC2CCCCC2)[C@H](O[Si](C(C)C)(C(C)C)C(C)C)[C@@H](O[Si](C(C)C)(C(C)C)C(C)C)[C@@H]1O[Si](C(C)C)(C(C)C)C(C)C)(C(C)C)C(C)C. The Morgan fingerprint density at radius 1 is 0.373 bits per heavy atom. The molecule has 1 saturated carbocycles. The summed E-state index contributed by atoms with van der Waals surface area (Å²) in [4.78, 5) is 0. The van der Waals surface area contributed by atoms with E-state index in [-0.39, 0.29) is 18.3 Å². The fourth-order valence-electron chi connectivity index (χ4n) is 13.8.